The number of hydrogen-bond donors (Lipinski definition) is 1. The lowest BCUT2D eigenvalue weighted by Gasteiger charge is -2.21. The molecule has 0 saturated heterocycles. The summed E-state index contributed by atoms with van der Waals surface area (Å²) in [6, 6.07) is 8.88. The van der Waals surface area contributed by atoms with E-state index in [9.17, 15) is 0 Å². The van der Waals surface area contributed by atoms with Crippen LogP contribution in [0.25, 0.3) is 5.69 Å². The van der Waals surface area contributed by atoms with Crippen LogP contribution in [-0.4, -0.2) is 4.57 Å². The van der Waals surface area contributed by atoms with E-state index in [4.69, 9.17) is 5.73 Å². The van der Waals surface area contributed by atoms with E-state index in [1.54, 1.807) is 0 Å². The number of hydrogen-bond acceptors (Lipinski definition) is 1. The van der Waals surface area contributed by atoms with Gasteiger partial charge in [-0.15, -0.1) is 0 Å². The van der Waals surface area contributed by atoms with Gasteiger partial charge < -0.3 is 10.3 Å². The maximum absolute atomic E-state index is 6.17. The number of fused-ring (bicyclic) bond motifs is 1. The van der Waals surface area contributed by atoms with E-state index in [2.05, 4.69) is 57.9 Å². The van der Waals surface area contributed by atoms with Gasteiger partial charge in [-0.3, -0.25) is 0 Å². The summed E-state index contributed by atoms with van der Waals surface area (Å²) < 4.78 is 3.43. The van der Waals surface area contributed by atoms with E-state index < -0.39 is 0 Å². The summed E-state index contributed by atoms with van der Waals surface area (Å²) in [7, 11) is 0. The lowest BCUT2D eigenvalue weighted by molar-refractivity contribution is 0.560. The first kappa shape index (κ1) is 12.0. The molecule has 1 aliphatic rings. The van der Waals surface area contributed by atoms with E-state index in [0.717, 1.165) is 17.3 Å². The molecule has 0 bridgehead atoms. The SMILES string of the molecule is Cc1ccc(-n2ccc3c2CCCC3N)cc1Br. The van der Waals surface area contributed by atoms with Gasteiger partial charge in [0.15, 0.2) is 0 Å². The molecule has 0 spiro atoms. The summed E-state index contributed by atoms with van der Waals surface area (Å²) in [5, 5.41) is 0. The highest BCUT2D eigenvalue weighted by atomic mass is 79.9. The van der Waals surface area contributed by atoms with Crippen LogP contribution in [0.15, 0.2) is 34.9 Å². The summed E-state index contributed by atoms with van der Waals surface area (Å²) in [5.41, 5.74) is 11.3. The smallest absolute Gasteiger partial charge is 0.0463 e. The van der Waals surface area contributed by atoms with Gasteiger partial charge >= 0.3 is 0 Å². The van der Waals surface area contributed by atoms with Gasteiger partial charge in [0.25, 0.3) is 0 Å². The van der Waals surface area contributed by atoms with Gasteiger partial charge in [0.05, 0.1) is 0 Å². The molecule has 2 aromatic rings. The van der Waals surface area contributed by atoms with Gasteiger partial charge in [0.2, 0.25) is 0 Å². The second-order valence-electron chi connectivity index (χ2n) is 5.02. The summed E-state index contributed by atoms with van der Waals surface area (Å²) in [6.45, 7) is 2.11. The molecule has 3 rings (SSSR count). The van der Waals surface area contributed by atoms with Crippen molar-refractivity contribution in [3.63, 3.8) is 0 Å². The van der Waals surface area contributed by atoms with Crippen molar-refractivity contribution in [3.8, 4) is 5.69 Å². The van der Waals surface area contributed by atoms with Crippen LogP contribution in [0.2, 0.25) is 0 Å². The van der Waals surface area contributed by atoms with Crippen molar-refractivity contribution < 1.29 is 0 Å². The fourth-order valence-corrected chi connectivity index (χ4v) is 3.07. The monoisotopic (exact) mass is 304 g/mol. The fourth-order valence-electron chi connectivity index (χ4n) is 2.70. The normalized spacial score (nSPS) is 18.7. The fraction of sp³-hybridized carbons (Fsp3) is 0.333. The topological polar surface area (TPSA) is 30.9 Å². The molecule has 18 heavy (non-hydrogen) atoms. The van der Waals surface area contributed by atoms with Crippen molar-refractivity contribution in [1.82, 2.24) is 4.57 Å². The van der Waals surface area contributed by atoms with Gasteiger partial charge in [-0.2, -0.15) is 0 Å². The first-order valence-corrected chi connectivity index (χ1v) is 7.18. The molecular formula is C15H17BrN2. The van der Waals surface area contributed by atoms with Gasteiger partial charge in [0.1, 0.15) is 0 Å². The molecule has 1 aromatic heterocycles. The van der Waals surface area contributed by atoms with Crippen molar-refractivity contribution in [3.05, 3.63) is 51.8 Å². The molecule has 2 nitrogen and oxygen atoms in total. The third-order valence-electron chi connectivity index (χ3n) is 3.79. The minimum Gasteiger partial charge on any atom is -0.324 e. The summed E-state index contributed by atoms with van der Waals surface area (Å²) in [5.74, 6) is 0. The Hall–Kier alpha value is -1.06. The van der Waals surface area contributed by atoms with Crippen LogP contribution in [0.1, 0.15) is 35.7 Å². The predicted octanol–water partition coefficient (Wildman–Crippen LogP) is 3.88. The summed E-state index contributed by atoms with van der Waals surface area (Å²) in [4.78, 5) is 0. The maximum atomic E-state index is 6.17. The molecule has 0 radical (unpaired) electrons. The van der Waals surface area contributed by atoms with Gasteiger partial charge in [-0.1, -0.05) is 22.0 Å². The molecule has 1 aliphatic carbocycles. The Balaban J connectivity index is 2.09. The minimum atomic E-state index is 0.212. The number of rotatable bonds is 1. The number of nitrogens with zero attached hydrogens (tertiary/aromatic N) is 1. The Morgan fingerprint density at radius 3 is 2.94 bits per heavy atom. The van der Waals surface area contributed by atoms with E-state index in [1.165, 1.54) is 28.9 Å². The quantitative estimate of drug-likeness (QED) is 0.851. The average Bonchev–Trinajstić information content (AvgIpc) is 2.78. The van der Waals surface area contributed by atoms with Gasteiger partial charge in [-0.25, -0.2) is 0 Å². The Labute approximate surface area is 116 Å². The summed E-state index contributed by atoms with van der Waals surface area (Å²) in [6.07, 6.45) is 5.56. The zero-order valence-electron chi connectivity index (χ0n) is 10.5. The summed E-state index contributed by atoms with van der Waals surface area (Å²) >= 11 is 3.60. The van der Waals surface area contributed by atoms with E-state index in [1.807, 2.05) is 0 Å². The van der Waals surface area contributed by atoms with Gasteiger partial charge in [-0.05, 0) is 55.5 Å². The molecule has 1 unspecified atom stereocenters. The largest absolute Gasteiger partial charge is 0.324 e. The molecule has 94 valence electrons. The lowest BCUT2D eigenvalue weighted by Crippen LogP contribution is -2.17. The molecule has 1 atom stereocenters. The molecule has 0 saturated carbocycles. The number of aryl methyl sites for hydroxylation is 1. The molecule has 1 heterocycles. The average molecular weight is 305 g/mol. The van der Waals surface area contributed by atoms with Crippen molar-refractivity contribution in [2.24, 2.45) is 5.73 Å². The van der Waals surface area contributed by atoms with Crippen LogP contribution in [0, 0.1) is 6.92 Å². The van der Waals surface area contributed by atoms with E-state index in [-0.39, 0.29) is 6.04 Å². The predicted molar refractivity (Wildman–Crippen MR) is 78.1 cm³/mol. The van der Waals surface area contributed by atoms with E-state index >= 15 is 0 Å². The maximum Gasteiger partial charge on any atom is 0.0463 e. The number of benzene rings is 1. The number of nitrogens with two attached hydrogens (primary N) is 1. The molecule has 0 aliphatic heterocycles. The Bertz CT molecular complexity index is 586. The van der Waals surface area contributed by atoms with Crippen LogP contribution < -0.4 is 5.73 Å². The second kappa shape index (κ2) is 4.56. The van der Waals surface area contributed by atoms with Crippen LogP contribution in [-0.2, 0) is 6.42 Å². The third-order valence-corrected chi connectivity index (χ3v) is 4.64. The minimum absolute atomic E-state index is 0.212. The molecule has 1 aromatic carbocycles. The van der Waals surface area contributed by atoms with Crippen molar-refractivity contribution in [2.45, 2.75) is 32.2 Å². The third kappa shape index (κ3) is 1.91. The van der Waals surface area contributed by atoms with Crippen LogP contribution >= 0.6 is 15.9 Å². The highest BCUT2D eigenvalue weighted by molar-refractivity contribution is 9.10. The highest BCUT2D eigenvalue weighted by Gasteiger charge is 2.20. The first-order valence-electron chi connectivity index (χ1n) is 6.39. The molecule has 2 N–H and O–H groups in total. The zero-order chi connectivity index (χ0) is 12.7. The Morgan fingerprint density at radius 1 is 1.33 bits per heavy atom. The Kier molecular flexibility index (Phi) is 3.04. The number of aromatic nitrogens is 1. The van der Waals surface area contributed by atoms with Crippen molar-refractivity contribution in [2.75, 3.05) is 0 Å². The highest BCUT2D eigenvalue weighted by Crippen LogP contribution is 2.31. The van der Waals surface area contributed by atoms with Gasteiger partial charge in [0, 0.05) is 28.1 Å². The molecular weight excluding hydrogens is 288 g/mol. The Morgan fingerprint density at radius 2 is 2.17 bits per heavy atom. The van der Waals surface area contributed by atoms with Crippen LogP contribution in [0.4, 0.5) is 0 Å². The van der Waals surface area contributed by atoms with E-state index in [0.29, 0.717) is 0 Å². The molecule has 0 fully saturated rings. The lowest BCUT2D eigenvalue weighted by atomic mass is 9.93. The van der Waals surface area contributed by atoms with Crippen molar-refractivity contribution >= 4 is 15.9 Å². The van der Waals surface area contributed by atoms with Crippen molar-refractivity contribution in [1.29, 1.82) is 0 Å². The molecule has 3 heteroatoms. The zero-order valence-corrected chi connectivity index (χ0v) is 12.1. The van der Waals surface area contributed by atoms with Crippen LogP contribution in [0.5, 0.6) is 0 Å². The standard InChI is InChI=1S/C15H17BrN2/c1-10-5-6-11(9-13(10)16)18-8-7-12-14(17)3-2-4-15(12)18/h5-9,14H,2-4,17H2,1H3. The van der Waals surface area contributed by atoms with Crippen LogP contribution in [0.3, 0.4) is 0 Å². The number of halogens is 1. The first-order chi connectivity index (χ1) is 8.66. The second-order valence-corrected chi connectivity index (χ2v) is 5.87. The molecule has 0 amide bonds.